The molecule has 0 N–H and O–H groups in total. The van der Waals surface area contributed by atoms with Crippen molar-refractivity contribution < 1.29 is 8.42 Å². The maximum absolute atomic E-state index is 12.8. The molecule has 2 aliphatic heterocycles. The van der Waals surface area contributed by atoms with Crippen LogP contribution >= 0.6 is 0 Å². The second kappa shape index (κ2) is 7.34. The van der Waals surface area contributed by atoms with E-state index in [1.165, 1.54) is 31.4 Å². The van der Waals surface area contributed by atoms with Gasteiger partial charge in [0.15, 0.2) is 9.84 Å². The summed E-state index contributed by atoms with van der Waals surface area (Å²) >= 11 is 0. The highest BCUT2D eigenvalue weighted by atomic mass is 32.2. The Morgan fingerprint density at radius 3 is 1.96 bits per heavy atom. The predicted octanol–water partition coefficient (Wildman–Crippen LogP) is 3.85. The van der Waals surface area contributed by atoms with E-state index in [0.717, 1.165) is 44.7 Å². The first-order valence-electron chi connectivity index (χ1n) is 9.38. The van der Waals surface area contributed by atoms with Crippen molar-refractivity contribution in [1.29, 1.82) is 0 Å². The topological polar surface area (TPSA) is 40.6 Å². The first-order chi connectivity index (χ1) is 11.5. The van der Waals surface area contributed by atoms with E-state index in [1.54, 1.807) is 13.8 Å². The summed E-state index contributed by atoms with van der Waals surface area (Å²) < 4.78 is 25.6. The fourth-order valence-electron chi connectivity index (χ4n) is 3.73. The lowest BCUT2D eigenvalue weighted by Gasteiger charge is -2.27. The van der Waals surface area contributed by atoms with Crippen molar-refractivity contribution in [2.45, 2.75) is 62.5 Å². The van der Waals surface area contributed by atoms with E-state index in [1.807, 2.05) is 12.1 Å². The Morgan fingerprint density at radius 2 is 1.38 bits per heavy atom. The van der Waals surface area contributed by atoms with Crippen LogP contribution < -0.4 is 9.80 Å². The van der Waals surface area contributed by atoms with E-state index < -0.39 is 9.84 Å². The minimum atomic E-state index is -3.26. The highest BCUT2D eigenvalue weighted by Crippen LogP contribution is 2.34. The minimum absolute atomic E-state index is 0.386. The van der Waals surface area contributed by atoms with E-state index in [4.69, 9.17) is 0 Å². The Morgan fingerprint density at radius 1 is 0.833 bits per heavy atom. The van der Waals surface area contributed by atoms with Gasteiger partial charge < -0.3 is 9.80 Å². The molecule has 1 aromatic rings. The molecule has 4 nitrogen and oxygen atoms in total. The molecule has 5 heteroatoms. The van der Waals surface area contributed by atoms with Gasteiger partial charge in [-0.15, -0.1) is 0 Å². The SMILES string of the molecule is CC(C)S(=O)(=O)c1ccc(N2CCCCCC2)cc1N1CCCC1. The highest BCUT2D eigenvalue weighted by molar-refractivity contribution is 7.92. The van der Waals surface area contributed by atoms with Gasteiger partial charge >= 0.3 is 0 Å². The molecular weight excluding hydrogens is 320 g/mol. The Kier molecular flexibility index (Phi) is 5.38. The van der Waals surface area contributed by atoms with Crippen LogP contribution in [0.2, 0.25) is 0 Å². The summed E-state index contributed by atoms with van der Waals surface area (Å²) in [7, 11) is -3.26. The number of hydrogen-bond donors (Lipinski definition) is 0. The van der Waals surface area contributed by atoms with Crippen LogP contribution in [0.25, 0.3) is 0 Å². The van der Waals surface area contributed by atoms with E-state index in [2.05, 4.69) is 15.9 Å². The van der Waals surface area contributed by atoms with Gasteiger partial charge in [-0.2, -0.15) is 0 Å². The molecule has 0 aliphatic carbocycles. The lowest BCUT2D eigenvalue weighted by atomic mass is 10.2. The number of rotatable bonds is 4. The molecule has 2 heterocycles. The third kappa shape index (κ3) is 3.56. The molecule has 0 atom stereocenters. The molecule has 134 valence electrons. The maximum Gasteiger partial charge on any atom is 0.182 e. The number of benzene rings is 1. The van der Waals surface area contributed by atoms with E-state index in [-0.39, 0.29) is 5.25 Å². The predicted molar refractivity (Wildman–Crippen MR) is 101 cm³/mol. The van der Waals surface area contributed by atoms with Crippen LogP contribution in [0.15, 0.2) is 23.1 Å². The summed E-state index contributed by atoms with van der Waals surface area (Å²) in [6, 6.07) is 6.00. The standard InChI is InChI=1S/C19H30N2O2S/c1-16(2)24(22,23)19-10-9-17(20-11-5-3-4-6-12-20)15-18(19)21-13-7-8-14-21/h9-10,15-16H,3-8,11-14H2,1-2H3. The summed E-state index contributed by atoms with van der Waals surface area (Å²) in [4.78, 5) is 5.20. The van der Waals surface area contributed by atoms with Gasteiger partial charge in [0.2, 0.25) is 0 Å². The smallest absolute Gasteiger partial charge is 0.182 e. The van der Waals surface area contributed by atoms with Gasteiger partial charge in [-0.1, -0.05) is 12.8 Å². The Hall–Kier alpha value is -1.23. The molecule has 24 heavy (non-hydrogen) atoms. The van der Waals surface area contributed by atoms with Gasteiger partial charge in [-0.05, 0) is 57.7 Å². The lowest BCUT2D eigenvalue weighted by Crippen LogP contribution is -2.26. The molecule has 0 bridgehead atoms. The van der Waals surface area contributed by atoms with E-state index >= 15 is 0 Å². The molecule has 0 radical (unpaired) electrons. The van der Waals surface area contributed by atoms with Gasteiger partial charge in [-0.25, -0.2) is 8.42 Å². The number of sulfone groups is 1. The monoisotopic (exact) mass is 350 g/mol. The number of anilines is 2. The average Bonchev–Trinajstić information content (AvgIpc) is 2.96. The second-order valence-corrected chi connectivity index (χ2v) is 9.81. The molecule has 2 fully saturated rings. The van der Waals surface area contributed by atoms with Crippen LogP contribution in [0.4, 0.5) is 11.4 Å². The Balaban J connectivity index is 2.00. The quantitative estimate of drug-likeness (QED) is 0.827. The van der Waals surface area contributed by atoms with Crippen LogP contribution in [0, 0.1) is 0 Å². The van der Waals surface area contributed by atoms with Gasteiger partial charge in [0.25, 0.3) is 0 Å². The normalized spacial score (nSPS) is 19.8. The van der Waals surface area contributed by atoms with E-state index in [9.17, 15) is 8.42 Å². The summed E-state index contributed by atoms with van der Waals surface area (Å²) in [5.41, 5.74) is 2.10. The Bertz CT molecular complexity index is 656. The summed E-state index contributed by atoms with van der Waals surface area (Å²) in [5.74, 6) is 0. The van der Waals surface area contributed by atoms with Gasteiger partial charge in [0, 0.05) is 31.9 Å². The lowest BCUT2D eigenvalue weighted by molar-refractivity contribution is 0.587. The maximum atomic E-state index is 12.8. The molecule has 0 aromatic heterocycles. The highest BCUT2D eigenvalue weighted by Gasteiger charge is 2.27. The molecule has 0 unspecified atom stereocenters. The van der Waals surface area contributed by atoms with Crippen molar-refractivity contribution in [2.75, 3.05) is 36.0 Å². The van der Waals surface area contributed by atoms with E-state index in [0.29, 0.717) is 4.90 Å². The molecule has 0 amide bonds. The van der Waals surface area contributed by atoms with Gasteiger partial charge in [0.1, 0.15) is 0 Å². The first kappa shape index (κ1) is 17.6. The third-order valence-corrected chi connectivity index (χ3v) is 7.49. The zero-order chi connectivity index (χ0) is 17.2. The fraction of sp³-hybridized carbons (Fsp3) is 0.684. The van der Waals surface area contributed by atoms with Crippen LogP contribution in [0.1, 0.15) is 52.4 Å². The zero-order valence-electron chi connectivity index (χ0n) is 15.0. The van der Waals surface area contributed by atoms with Crippen LogP contribution in [-0.4, -0.2) is 39.8 Å². The molecule has 0 saturated carbocycles. The van der Waals surface area contributed by atoms with Crippen molar-refractivity contribution in [3.05, 3.63) is 18.2 Å². The second-order valence-electron chi connectivity index (χ2n) is 7.34. The van der Waals surface area contributed by atoms with Crippen molar-refractivity contribution in [3.63, 3.8) is 0 Å². The van der Waals surface area contributed by atoms with Crippen LogP contribution in [0.5, 0.6) is 0 Å². The minimum Gasteiger partial charge on any atom is -0.371 e. The molecule has 1 aromatic carbocycles. The average molecular weight is 351 g/mol. The third-order valence-electron chi connectivity index (χ3n) is 5.29. The van der Waals surface area contributed by atoms with Crippen LogP contribution in [0.3, 0.4) is 0 Å². The Labute approximate surface area is 146 Å². The van der Waals surface area contributed by atoms with Crippen molar-refractivity contribution >= 4 is 21.2 Å². The molecule has 0 spiro atoms. The zero-order valence-corrected chi connectivity index (χ0v) is 15.8. The van der Waals surface area contributed by atoms with Crippen LogP contribution in [-0.2, 0) is 9.84 Å². The van der Waals surface area contributed by atoms with Gasteiger partial charge in [0.05, 0.1) is 15.8 Å². The molecule has 2 saturated heterocycles. The summed E-state index contributed by atoms with van der Waals surface area (Å²) in [6.45, 7) is 7.62. The fourth-order valence-corrected chi connectivity index (χ4v) is 4.98. The molecule has 3 rings (SSSR count). The first-order valence-corrected chi connectivity index (χ1v) is 10.9. The van der Waals surface area contributed by atoms with Crippen molar-refractivity contribution in [3.8, 4) is 0 Å². The number of hydrogen-bond acceptors (Lipinski definition) is 4. The number of nitrogens with zero attached hydrogens (tertiary/aromatic N) is 2. The van der Waals surface area contributed by atoms with Crippen molar-refractivity contribution in [2.24, 2.45) is 0 Å². The summed E-state index contributed by atoms with van der Waals surface area (Å²) in [5, 5.41) is -0.386. The molecular formula is C19H30N2O2S. The van der Waals surface area contributed by atoms with Crippen molar-refractivity contribution in [1.82, 2.24) is 0 Å². The largest absolute Gasteiger partial charge is 0.371 e. The molecule has 2 aliphatic rings. The summed E-state index contributed by atoms with van der Waals surface area (Å²) in [6.07, 6.45) is 7.35. The van der Waals surface area contributed by atoms with Gasteiger partial charge in [-0.3, -0.25) is 0 Å².